The number of hydrogen-bond donors (Lipinski definition) is 2. The van der Waals surface area contributed by atoms with Crippen molar-refractivity contribution in [1.29, 1.82) is 0 Å². The zero-order valence-electron chi connectivity index (χ0n) is 21.2. The maximum Gasteiger partial charge on any atom is 0.407 e. The summed E-state index contributed by atoms with van der Waals surface area (Å²) in [5, 5.41) is 25.2. The third-order valence-electron chi connectivity index (χ3n) is 5.50. The number of ether oxygens (including phenoxy) is 1. The van der Waals surface area contributed by atoms with Crippen molar-refractivity contribution in [3.63, 3.8) is 0 Å². The molecule has 1 heterocycles. The molecule has 0 aliphatic rings. The molecular weight excluding hydrogens is 490 g/mol. The van der Waals surface area contributed by atoms with Gasteiger partial charge in [-0.25, -0.2) is 4.79 Å². The lowest BCUT2D eigenvalue weighted by Gasteiger charge is -2.28. The molecule has 0 aliphatic heterocycles. The van der Waals surface area contributed by atoms with Gasteiger partial charge in [-0.2, -0.15) is 0 Å². The summed E-state index contributed by atoms with van der Waals surface area (Å²) < 4.78 is 5.44. The number of aliphatic hydroxyl groups excluding tert-OH is 1. The molecule has 3 atom stereocenters. The van der Waals surface area contributed by atoms with Crippen LogP contribution in [0.1, 0.15) is 43.2 Å². The van der Waals surface area contributed by atoms with Gasteiger partial charge in [0.2, 0.25) is 0 Å². The molecule has 0 saturated heterocycles. The number of nitrogens with one attached hydrogen (secondary N) is 1. The fraction of sp³-hybridized carbons (Fsp3) is 0.357. The number of nitro groups is 1. The Morgan fingerprint density at radius 2 is 1.65 bits per heavy atom. The Labute approximate surface area is 221 Å². The lowest BCUT2D eigenvalue weighted by atomic mass is 9.94. The highest BCUT2D eigenvalue weighted by molar-refractivity contribution is 7.16. The highest BCUT2D eigenvalue weighted by Crippen LogP contribution is 2.23. The van der Waals surface area contributed by atoms with E-state index in [-0.39, 0.29) is 17.5 Å². The van der Waals surface area contributed by atoms with Crippen LogP contribution < -0.4 is 5.32 Å². The summed E-state index contributed by atoms with van der Waals surface area (Å²) in [6.07, 6.45) is 1.35. The second kappa shape index (κ2) is 13.1. The average Bonchev–Trinajstić information content (AvgIpc) is 3.32. The summed E-state index contributed by atoms with van der Waals surface area (Å²) in [6, 6.07) is 21.6. The fourth-order valence-electron chi connectivity index (χ4n) is 3.82. The van der Waals surface area contributed by atoms with Crippen LogP contribution in [0.25, 0.3) is 0 Å². The van der Waals surface area contributed by atoms with E-state index in [4.69, 9.17) is 4.74 Å². The van der Waals surface area contributed by atoms with Gasteiger partial charge in [-0.05, 0) is 57.2 Å². The van der Waals surface area contributed by atoms with E-state index in [0.29, 0.717) is 17.7 Å². The summed E-state index contributed by atoms with van der Waals surface area (Å²) in [5.41, 5.74) is 1.35. The predicted molar refractivity (Wildman–Crippen MR) is 146 cm³/mol. The molecule has 0 radical (unpaired) electrons. The Morgan fingerprint density at radius 1 is 1.05 bits per heavy atom. The van der Waals surface area contributed by atoms with Crippen molar-refractivity contribution in [1.82, 2.24) is 5.32 Å². The van der Waals surface area contributed by atoms with Crippen LogP contribution in [0.5, 0.6) is 0 Å². The van der Waals surface area contributed by atoms with E-state index in [1.54, 1.807) is 33.1 Å². The SMILES string of the molecule is CC(C)(C)OC(=O)N[C@@H](Cc1ccccc1)[C@H](O)C[C@H](Cc1ccccc1)N=Cc1ccc([N+](=O)[O-])s1. The Kier molecular flexibility index (Phi) is 9.93. The molecule has 0 saturated carbocycles. The molecule has 3 aromatic rings. The number of carbonyl (C=O) groups excluding carboxylic acids is 1. The zero-order valence-corrected chi connectivity index (χ0v) is 22.1. The normalized spacial score (nSPS) is 14.2. The molecule has 2 N–H and O–H groups in total. The summed E-state index contributed by atoms with van der Waals surface area (Å²) in [4.78, 5) is 28.5. The fourth-order valence-corrected chi connectivity index (χ4v) is 4.53. The lowest BCUT2D eigenvalue weighted by Crippen LogP contribution is -2.47. The molecule has 2 aromatic carbocycles. The number of aliphatic hydroxyl groups is 1. The molecule has 0 unspecified atom stereocenters. The number of thiophene rings is 1. The lowest BCUT2D eigenvalue weighted by molar-refractivity contribution is -0.380. The number of amides is 1. The molecule has 0 spiro atoms. The van der Waals surface area contributed by atoms with Gasteiger partial charge in [-0.15, -0.1) is 0 Å². The van der Waals surface area contributed by atoms with Crippen LogP contribution in [0.2, 0.25) is 0 Å². The Hall–Kier alpha value is -3.56. The number of nitrogens with zero attached hydrogens (tertiary/aromatic N) is 2. The van der Waals surface area contributed by atoms with E-state index in [1.165, 1.54) is 6.07 Å². The maximum absolute atomic E-state index is 12.6. The summed E-state index contributed by atoms with van der Waals surface area (Å²) >= 11 is 1.05. The van der Waals surface area contributed by atoms with Crippen molar-refractivity contribution >= 4 is 28.6 Å². The Morgan fingerprint density at radius 3 is 2.19 bits per heavy atom. The van der Waals surface area contributed by atoms with Crippen LogP contribution >= 0.6 is 11.3 Å². The maximum atomic E-state index is 12.6. The van der Waals surface area contributed by atoms with Crippen molar-refractivity contribution in [2.45, 2.75) is 63.8 Å². The average molecular weight is 524 g/mol. The van der Waals surface area contributed by atoms with Crippen LogP contribution in [0.3, 0.4) is 0 Å². The van der Waals surface area contributed by atoms with Gasteiger partial charge in [0.05, 0.1) is 28.0 Å². The predicted octanol–water partition coefficient (Wildman–Crippen LogP) is 5.57. The quantitative estimate of drug-likeness (QED) is 0.194. The van der Waals surface area contributed by atoms with Gasteiger partial charge in [0.1, 0.15) is 5.60 Å². The van der Waals surface area contributed by atoms with Gasteiger partial charge in [-0.3, -0.25) is 15.1 Å². The molecule has 0 fully saturated rings. The Balaban J connectivity index is 1.80. The highest BCUT2D eigenvalue weighted by atomic mass is 32.1. The summed E-state index contributed by atoms with van der Waals surface area (Å²) in [7, 11) is 0. The number of aliphatic imine (C=N–C) groups is 1. The van der Waals surface area contributed by atoms with Crippen LogP contribution in [0.15, 0.2) is 77.8 Å². The van der Waals surface area contributed by atoms with Crippen molar-refractivity contribution in [2.75, 3.05) is 0 Å². The minimum atomic E-state index is -0.920. The molecule has 8 nitrogen and oxygen atoms in total. The van der Waals surface area contributed by atoms with Crippen LogP contribution in [0, 0.1) is 10.1 Å². The van der Waals surface area contributed by atoms with Crippen molar-refractivity contribution in [2.24, 2.45) is 4.99 Å². The van der Waals surface area contributed by atoms with Gasteiger partial charge in [-0.1, -0.05) is 72.0 Å². The molecule has 3 rings (SSSR count). The van der Waals surface area contributed by atoms with Crippen molar-refractivity contribution in [3.8, 4) is 0 Å². The molecule has 9 heteroatoms. The third kappa shape index (κ3) is 9.78. The van der Waals surface area contributed by atoms with Gasteiger partial charge in [0.25, 0.3) is 0 Å². The topological polar surface area (TPSA) is 114 Å². The van der Waals surface area contributed by atoms with E-state index in [9.17, 15) is 20.0 Å². The number of hydrogen-bond acceptors (Lipinski definition) is 7. The largest absolute Gasteiger partial charge is 0.444 e. The van der Waals surface area contributed by atoms with Crippen LogP contribution in [-0.2, 0) is 17.6 Å². The standard InChI is InChI=1S/C28H33N3O5S/c1-28(2,3)36-27(33)30-24(17-21-12-8-5-9-13-21)25(32)18-22(16-20-10-6-4-7-11-20)29-19-23-14-15-26(37-23)31(34)35/h4-15,19,22,24-25,32H,16-18H2,1-3H3,(H,30,33)/t22-,24-,25+/m0/s1. The summed E-state index contributed by atoms with van der Waals surface area (Å²) in [6.45, 7) is 5.36. The highest BCUT2D eigenvalue weighted by Gasteiger charge is 2.27. The second-order valence-electron chi connectivity index (χ2n) is 9.80. The van der Waals surface area contributed by atoms with E-state index < -0.39 is 28.8 Å². The van der Waals surface area contributed by atoms with Crippen molar-refractivity contribution in [3.05, 3.63) is 98.9 Å². The minimum Gasteiger partial charge on any atom is -0.444 e. The first-order chi connectivity index (χ1) is 17.6. The van der Waals surface area contributed by atoms with E-state index >= 15 is 0 Å². The molecule has 0 bridgehead atoms. The minimum absolute atomic E-state index is 0.0468. The van der Waals surface area contributed by atoms with Crippen LogP contribution in [-0.4, -0.2) is 46.1 Å². The smallest absolute Gasteiger partial charge is 0.407 e. The molecule has 0 aliphatic carbocycles. The molecular formula is C28H33N3O5S. The molecule has 196 valence electrons. The molecule has 37 heavy (non-hydrogen) atoms. The van der Waals surface area contributed by atoms with E-state index in [0.717, 1.165) is 22.5 Å². The van der Waals surface area contributed by atoms with Gasteiger partial charge < -0.3 is 15.2 Å². The van der Waals surface area contributed by atoms with Crippen LogP contribution in [0.4, 0.5) is 9.80 Å². The van der Waals surface area contributed by atoms with Crippen molar-refractivity contribution < 1.29 is 19.6 Å². The van der Waals surface area contributed by atoms with Gasteiger partial charge >= 0.3 is 11.1 Å². The first-order valence-corrected chi connectivity index (χ1v) is 12.9. The number of benzene rings is 2. The monoisotopic (exact) mass is 523 g/mol. The van der Waals surface area contributed by atoms with Gasteiger partial charge in [0, 0.05) is 12.3 Å². The number of rotatable bonds is 11. The first-order valence-electron chi connectivity index (χ1n) is 12.1. The third-order valence-corrected chi connectivity index (χ3v) is 6.47. The van der Waals surface area contributed by atoms with E-state index in [1.807, 2.05) is 60.7 Å². The Bertz CT molecular complexity index is 1180. The summed E-state index contributed by atoms with van der Waals surface area (Å²) in [5.74, 6) is 0. The molecule has 1 aromatic heterocycles. The van der Waals surface area contributed by atoms with E-state index in [2.05, 4.69) is 10.3 Å². The van der Waals surface area contributed by atoms with Gasteiger partial charge in [0.15, 0.2) is 0 Å². The first kappa shape index (κ1) is 28.0. The second-order valence-corrected chi connectivity index (χ2v) is 10.9. The molecule has 1 amide bonds. The number of carbonyl (C=O) groups is 1. The zero-order chi connectivity index (χ0) is 26.8. The number of alkyl carbamates (subject to hydrolysis) is 1.